The number of thioether (sulfide) groups is 1. The summed E-state index contributed by atoms with van der Waals surface area (Å²) in [5, 5.41) is 1.30. The number of hydrogen-bond donors (Lipinski definition) is 0. The zero-order valence-corrected chi connectivity index (χ0v) is 9.59. The highest BCUT2D eigenvalue weighted by Crippen LogP contribution is 2.31. The number of rotatable bonds is 4. The highest BCUT2D eigenvalue weighted by Gasteiger charge is 2.31. The van der Waals surface area contributed by atoms with Crippen LogP contribution in [-0.2, 0) is 11.8 Å². The van der Waals surface area contributed by atoms with Crippen molar-refractivity contribution in [2.45, 2.75) is 31.1 Å². The van der Waals surface area contributed by atoms with Gasteiger partial charge in [-0.2, -0.15) is 4.57 Å². The van der Waals surface area contributed by atoms with Crippen LogP contribution in [-0.4, -0.2) is 16.9 Å². The molecule has 1 aliphatic heterocycles. The lowest BCUT2D eigenvalue weighted by atomic mass is 10.4. The first-order valence-corrected chi connectivity index (χ1v) is 6.12. The van der Waals surface area contributed by atoms with Gasteiger partial charge in [-0.15, -0.1) is 0 Å². The number of hydrogen-bond acceptors (Lipinski definition) is 2. The third kappa shape index (κ3) is 1.81. The van der Waals surface area contributed by atoms with Gasteiger partial charge in [0.1, 0.15) is 12.4 Å². The molecule has 1 aromatic heterocycles. The van der Waals surface area contributed by atoms with Crippen LogP contribution in [0.25, 0.3) is 0 Å². The second-order valence-corrected chi connectivity index (χ2v) is 4.58. The minimum Gasteiger partial charge on any atom is -0.339 e. The molecule has 14 heavy (non-hydrogen) atoms. The fraction of sp³-hybridized carbons (Fsp3) is 0.700. The quantitative estimate of drug-likeness (QED) is 0.560. The predicted molar refractivity (Wildman–Crippen MR) is 56.2 cm³/mol. The van der Waals surface area contributed by atoms with Crippen LogP contribution in [0.2, 0.25) is 0 Å². The molecule has 0 saturated heterocycles. The molecule has 0 fully saturated rings. The maximum absolute atomic E-state index is 5.81. The van der Waals surface area contributed by atoms with E-state index in [2.05, 4.69) is 35.5 Å². The molecule has 0 amide bonds. The van der Waals surface area contributed by atoms with Crippen LogP contribution in [0.4, 0.5) is 0 Å². The minimum atomic E-state index is 0.253. The van der Waals surface area contributed by atoms with Gasteiger partial charge in [0.25, 0.3) is 0 Å². The van der Waals surface area contributed by atoms with Gasteiger partial charge in [0.15, 0.2) is 0 Å². The summed E-state index contributed by atoms with van der Waals surface area (Å²) >= 11 is 1.87. The average molecular weight is 213 g/mol. The lowest BCUT2D eigenvalue weighted by Crippen LogP contribution is -2.27. The van der Waals surface area contributed by atoms with Crippen LogP contribution in [0.5, 0.6) is 0 Å². The maximum atomic E-state index is 5.81. The molecule has 1 unspecified atom stereocenters. The molecule has 0 bridgehead atoms. The Morgan fingerprint density at radius 1 is 1.71 bits per heavy atom. The van der Waals surface area contributed by atoms with E-state index in [1.54, 1.807) is 0 Å². The van der Waals surface area contributed by atoms with Crippen molar-refractivity contribution in [1.29, 1.82) is 0 Å². The van der Waals surface area contributed by atoms with Gasteiger partial charge in [-0.25, -0.2) is 4.57 Å². The van der Waals surface area contributed by atoms with Crippen molar-refractivity contribution < 1.29 is 9.30 Å². The van der Waals surface area contributed by atoms with E-state index in [1.807, 2.05) is 11.8 Å². The first-order chi connectivity index (χ1) is 6.83. The van der Waals surface area contributed by atoms with Crippen LogP contribution in [0.1, 0.15) is 26.0 Å². The Labute approximate surface area is 89.1 Å². The second kappa shape index (κ2) is 4.36. The molecule has 3 nitrogen and oxygen atoms in total. The van der Waals surface area contributed by atoms with E-state index >= 15 is 0 Å². The molecular formula is C10H17N2OS+. The van der Waals surface area contributed by atoms with E-state index in [0.717, 1.165) is 18.8 Å². The van der Waals surface area contributed by atoms with Gasteiger partial charge in [-0.1, -0.05) is 13.3 Å². The van der Waals surface area contributed by atoms with Crippen molar-refractivity contribution in [3.05, 3.63) is 12.4 Å². The Morgan fingerprint density at radius 3 is 3.36 bits per heavy atom. The highest BCUT2D eigenvalue weighted by molar-refractivity contribution is 7.99. The summed E-state index contributed by atoms with van der Waals surface area (Å²) in [7, 11) is 2.08. The van der Waals surface area contributed by atoms with Gasteiger partial charge in [0.2, 0.25) is 6.23 Å². The molecule has 2 heterocycles. The number of imidazole rings is 1. The fourth-order valence-electron chi connectivity index (χ4n) is 1.60. The molecule has 1 aromatic rings. The molecule has 0 aromatic carbocycles. The predicted octanol–water partition coefficient (Wildman–Crippen LogP) is 1.73. The molecule has 0 radical (unpaired) electrons. The largest absolute Gasteiger partial charge is 0.339 e. The van der Waals surface area contributed by atoms with Crippen LogP contribution < -0.4 is 4.57 Å². The SMILES string of the molecule is CCCCOC1CSc2n1cc[n+]2C. The summed E-state index contributed by atoms with van der Waals surface area (Å²) in [6.45, 7) is 3.07. The van der Waals surface area contributed by atoms with Gasteiger partial charge < -0.3 is 4.74 Å². The molecule has 2 rings (SSSR count). The summed E-state index contributed by atoms with van der Waals surface area (Å²) < 4.78 is 10.2. The van der Waals surface area contributed by atoms with Gasteiger partial charge in [0, 0.05) is 0 Å². The zero-order valence-electron chi connectivity index (χ0n) is 8.77. The molecule has 1 atom stereocenters. The third-order valence-electron chi connectivity index (χ3n) is 2.45. The molecule has 0 saturated carbocycles. The van der Waals surface area contributed by atoms with Crippen molar-refractivity contribution in [2.24, 2.45) is 7.05 Å². The van der Waals surface area contributed by atoms with Crippen LogP contribution in [0.15, 0.2) is 17.6 Å². The summed E-state index contributed by atoms with van der Waals surface area (Å²) in [5.74, 6) is 1.05. The first kappa shape index (κ1) is 10.1. The van der Waals surface area contributed by atoms with Gasteiger partial charge in [-0.05, 0) is 18.2 Å². The Balaban J connectivity index is 1.96. The van der Waals surface area contributed by atoms with E-state index in [9.17, 15) is 0 Å². The lowest BCUT2D eigenvalue weighted by molar-refractivity contribution is -0.709. The monoisotopic (exact) mass is 213 g/mol. The Morgan fingerprint density at radius 2 is 2.57 bits per heavy atom. The molecule has 0 spiro atoms. The molecule has 0 N–H and O–H groups in total. The number of ether oxygens (including phenoxy) is 1. The number of aryl methyl sites for hydroxylation is 1. The van der Waals surface area contributed by atoms with E-state index in [-0.39, 0.29) is 6.23 Å². The van der Waals surface area contributed by atoms with E-state index in [1.165, 1.54) is 11.6 Å². The summed E-state index contributed by atoms with van der Waals surface area (Å²) in [6.07, 6.45) is 6.79. The van der Waals surface area contributed by atoms with E-state index < -0.39 is 0 Å². The minimum absolute atomic E-state index is 0.253. The van der Waals surface area contributed by atoms with E-state index in [4.69, 9.17) is 4.74 Å². The molecule has 1 aliphatic rings. The normalized spacial score (nSPS) is 20.0. The summed E-state index contributed by atoms with van der Waals surface area (Å²) in [4.78, 5) is 0. The average Bonchev–Trinajstić information content (AvgIpc) is 2.72. The molecular weight excluding hydrogens is 196 g/mol. The number of fused-ring (bicyclic) bond motifs is 1. The zero-order chi connectivity index (χ0) is 9.97. The summed E-state index contributed by atoms with van der Waals surface area (Å²) in [6, 6.07) is 0. The van der Waals surface area contributed by atoms with Crippen molar-refractivity contribution >= 4 is 11.8 Å². The molecule has 4 heteroatoms. The smallest absolute Gasteiger partial charge is 0.320 e. The maximum Gasteiger partial charge on any atom is 0.320 e. The first-order valence-electron chi connectivity index (χ1n) is 5.13. The third-order valence-corrected chi connectivity index (χ3v) is 3.66. The molecule has 0 aliphatic carbocycles. The highest BCUT2D eigenvalue weighted by atomic mass is 32.2. The Kier molecular flexibility index (Phi) is 3.13. The number of aromatic nitrogens is 2. The van der Waals surface area contributed by atoms with Crippen molar-refractivity contribution in [3.8, 4) is 0 Å². The van der Waals surface area contributed by atoms with Crippen LogP contribution >= 0.6 is 11.8 Å². The molecule has 78 valence electrons. The van der Waals surface area contributed by atoms with Gasteiger partial charge in [0.05, 0.1) is 19.4 Å². The Bertz CT molecular complexity index is 311. The van der Waals surface area contributed by atoms with Gasteiger partial charge >= 0.3 is 5.16 Å². The standard InChI is InChI=1S/C10H17N2OS/c1-3-4-7-13-9-8-14-10-11(2)5-6-12(9)10/h5-6,9H,3-4,7-8H2,1-2H3/q+1. The summed E-state index contributed by atoms with van der Waals surface area (Å²) in [5.41, 5.74) is 0. The van der Waals surface area contributed by atoms with Crippen LogP contribution in [0.3, 0.4) is 0 Å². The second-order valence-electron chi connectivity index (χ2n) is 3.59. The fourth-order valence-corrected chi connectivity index (χ4v) is 2.74. The topological polar surface area (TPSA) is 18.0 Å². The van der Waals surface area contributed by atoms with E-state index in [0.29, 0.717) is 0 Å². The van der Waals surface area contributed by atoms with Crippen molar-refractivity contribution in [2.75, 3.05) is 12.4 Å². The van der Waals surface area contributed by atoms with Crippen LogP contribution in [0, 0.1) is 0 Å². The Hall–Kier alpha value is -0.480. The van der Waals surface area contributed by atoms with Crippen molar-refractivity contribution in [3.63, 3.8) is 0 Å². The number of unbranched alkanes of at least 4 members (excludes halogenated alkanes) is 1. The number of nitrogens with zero attached hydrogens (tertiary/aromatic N) is 2. The van der Waals surface area contributed by atoms with Crippen molar-refractivity contribution in [1.82, 2.24) is 4.57 Å². The van der Waals surface area contributed by atoms with Gasteiger partial charge in [-0.3, -0.25) is 0 Å². The lowest BCUT2D eigenvalue weighted by Gasteiger charge is -2.07.